The van der Waals surface area contributed by atoms with Crippen molar-refractivity contribution in [3.63, 3.8) is 0 Å². The van der Waals surface area contributed by atoms with Crippen LogP contribution in [0, 0.1) is 13.8 Å². The topological polar surface area (TPSA) is 68.5 Å². The molecule has 6 heteroatoms. The van der Waals surface area contributed by atoms with Gasteiger partial charge in [0.25, 0.3) is 5.91 Å². The lowest BCUT2D eigenvalue weighted by atomic mass is 10.1. The largest absolute Gasteiger partial charge is 0.481 e. The van der Waals surface area contributed by atoms with Crippen LogP contribution in [-0.2, 0) is 4.79 Å². The first kappa shape index (κ1) is 18.0. The van der Waals surface area contributed by atoms with Gasteiger partial charge < -0.3 is 14.5 Å². The van der Waals surface area contributed by atoms with Crippen molar-refractivity contribution in [3.05, 3.63) is 69.0 Å². The highest BCUT2D eigenvalue weighted by Gasteiger charge is 2.18. The monoisotopic (exact) mass is 371 g/mol. The summed E-state index contributed by atoms with van der Waals surface area (Å²) in [7, 11) is 0. The maximum Gasteiger partial charge on any atom is 0.336 e. The Hall–Kier alpha value is -2.79. The van der Waals surface area contributed by atoms with Crippen LogP contribution in [0.2, 0.25) is 5.02 Å². The second-order valence-electron chi connectivity index (χ2n) is 6.14. The number of hydrogen-bond acceptors (Lipinski definition) is 4. The van der Waals surface area contributed by atoms with Crippen molar-refractivity contribution in [3.8, 4) is 5.75 Å². The lowest BCUT2D eigenvalue weighted by molar-refractivity contribution is -0.122. The number of halogens is 1. The Bertz CT molecular complexity index is 1020. The number of nitrogens with one attached hydrogen (secondary N) is 1. The Morgan fingerprint density at radius 3 is 2.62 bits per heavy atom. The minimum absolute atomic E-state index is 0.325. The molecule has 1 N–H and O–H groups in total. The van der Waals surface area contributed by atoms with Crippen LogP contribution in [-0.4, -0.2) is 12.0 Å². The van der Waals surface area contributed by atoms with Crippen LogP contribution >= 0.6 is 11.6 Å². The number of carbonyl (C=O) groups is 1. The minimum atomic E-state index is -0.764. The predicted molar refractivity (Wildman–Crippen MR) is 102 cm³/mol. The predicted octanol–water partition coefficient (Wildman–Crippen LogP) is 4.47. The zero-order valence-corrected chi connectivity index (χ0v) is 15.4. The molecule has 2 aromatic carbocycles. The van der Waals surface area contributed by atoms with E-state index in [9.17, 15) is 9.59 Å². The zero-order chi connectivity index (χ0) is 18.8. The average molecular weight is 372 g/mol. The molecule has 1 unspecified atom stereocenters. The quantitative estimate of drug-likeness (QED) is 0.687. The van der Waals surface area contributed by atoms with Crippen molar-refractivity contribution in [2.75, 3.05) is 5.32 Å². The highest BCUT2D eigenvalue weighted by atomic mass is 35.5. The van der Waals surface area contributed by atoms with E-state index < -0.39 is 11.7 Å². The van der Waals surface area contributed by atoms with E-state index in [0.29, 0.717) is 22.0 Å². The number of hydrogen-bond donors (Lipinski definition) is 1. The van der Waals surface area contributed by atoms with Gasteiger partial charge in [0.15, 0.2) is 6.10 Å². The van der Waals surface area contributed by atoms with E-state index in [4.69, 9.17) is 20.8 Å². The fourth-order valence-corrected chi connectivity index (χ4v) is 3.04. The van der Waals surface area contributed by atoms with Crippen molar-refractivity contribution in [1.29, 1.82) is 0 Å². The molecular formula is C20H18ClNO4. The van der Waals surface area contributed by atoms with Crippen LogP contribution in [0.5, 0.6) is 5.75 Å². The zero-order valence-electron chi connectivity index (χ0n) is 14.6. The Balaban J connectivity index is 1.76. The van der Waals surface area contributed by atoms with Gasteiger partial charge >= 0.3 is 5.63 Å². The fourth-order valence-electron chi connectivity index (χ4n) is 2.67. The first-order chi connectivity index (χ1) is 12.3. The van der Waals surface area contributed by atoms with Crippen molar-refractivity contribution in [2.24, 2.45) is 0 Å². The number of benzene rings is 2. The number of carbonyl (C=O) groups excluding carboxylic acids is 1. The van der Waals surface area contributed by atoms with Crippen molar-refractivity contribution >= 4 is 34.2 Å². The Morgan fingerprint density at radius 2 is 1.88 bits per heavy atom. The molecule has 1 atom stereocenters. The average Bonchev–Trinajstić information content (AvgIpc) is 2.57. The van der Waals surface area contributed by atoms with Gasteiger partial charge in [-0.25, -0.2) is 4.79 Å². The van der Waals surface area contributed by atoms with Gasteiger partial charge in [-0.15, -0.1) is 0 Å². The number of ether oxygens (including phenoxy) is 1. The Labute approximate surface area is 155 Å². The molecular weight excluding hydrogens is 354 g/mol. The van der Waals surface area contributed by atoms with E-state index in [0.717, 1.165) is 16.5 Å². The summed E-state index contributed by atoms with van der Waals surface area (Å²) in [4.78, 5) is 23.8. The molecule has 0 aliphatic rings. The first-order valence-corrected chi connectivity index (χ1v) is 8.49. The maximum absolute atomic E-state index is 12.5. The normalized spacial score (nSPS) is 12.0. The van der Waals surface area contributed by atoms with Gasteiger partial charge in [0.2, 0.25) is 0 Å². The van der Waals surface area contributed by atoms with E-state index >= 15 is 0 Å². The Morgan fingerprint density at radius 1 is 1.15 bits per heavy atom. The maximum atomic E-state index is 12.5. The third-order valence-electron chi connectivity index (χ3n) is 3.96. The molecule has 1 aromatic heterocycles. The van der Waals surface area contributed by atoms with Crippen molar-refractivity contribution < 1.29 is 13.9 Å². The number of amides is 1. The van der Waals surface area contributed by atoms with E-state index in [-0.39, 0.29) is 5.91 Å². The molecule has 26 heavy (non-hydrogen) atoms. The van der Waals surface area contributed by atoms with E-state index in [2.05, 4.69) is 5.32 Å². The Kier molecular flexibility index (Phi) is 5.00. The first-order valence-electron chi connectivity index (χ1n) is 8.11. The molecule has 0 aliphatic heterocycles. The minimum Gasteiger partial charge on any atom is -0.481 e. The van der Waals surface area contributed by atoms with Gasteiger partial charge in [-0.05, 0) is 56.2 Å². The van der Waals surface area contributed by atoms with E-state index in [1.807, 2.05) is 19.9 Å². The van der Waals surface area contributed by atoms with Crippen LogP contribution in [0.25, 0.3) is 11.0 Å². The molecule has 0 bridgehead atoms. The molecule has 1 heterocycles. The van der Waals surface area contributed by atoms with Gasteiger partial charge in [0.1, 0.15) is 11.3 Å². The molecule has 0 fully saturated rings. The summed E-state index contributed by atoms with van der Waals surface area (Å²) in [5.41, 5.74) is 2.43. The number of aryl methyl sites for hydroxylation is 2. The van der Waals surface area contributed by atoms with E-state index in [1.54, 1.807) is 37.3 Å². The van der Waals surface area contributed by atoms with Crippen LogP contribution in [0.4, 0.5) is 5.69 Å². The third-order valence-corrected chi connectivity index (χ3v) is 4.25. The fraction of sp³-hybridized carbons (Fsp3) is 0.200. The lowest BCUT2D eigenvalue weighted by Gasteiger charge is -2.17. The van der Waals surface area contributed by atoms with Gasteiger partial charge in [-0.3, -0.25) is 4.79 Å². The molecule has 0 radical (unpaired) electrons. The highest BCUT2D eigenvalue weighted by Crippen LogP contribution is 2.28. The summed E-state index contributed by atoms with van der Waals surface area (Å²) < 4.78 is 10.8. The molecule has 3 aromatic rings. The molecule has 1 amide bonds. The lowest BCUT2D eigenvalue weighted by Crippen LogP contribution is -2.30. The summed E-state index contributed by atoms with van der Waals surface area (Å²) in [6.07, 6.45) is -0.764. The van der Waals surface area contributed by atoms with Crippen molar-refractivity contribution in [2.45, 2.75) is 26.9 Å². The van der Waals surface area contributed by atoms with Gasteiger partial charge in [0.05, 0.1) is 10.7 Å². The molecule has 3 rings (SSSR count). The second-order valence-corrected chi connectivity index (χ2v) is 6.55. The summed E-state index contributed by atoms with van der Waals surface area (Å²) >= 11 is 6.23. The molecule has 134 valence electrons. The third kappa shape index (κ3) is 3.89. The van der Waals surface area contributed by atoms with Crippen LogP contribution in [0.3, 0.4) is 0 Å². The highest BCUT2D eigenvalue weighted by molar-refractivity contribution is 6.34. The number of anilines is 1. The van der Waals surface area contributed by atoms with Gasteiger partial charge in [0, 0.05) is 17.5 Å². The summed E-state index contributed by atoms with van der Waals surface area (Å²) in [6, 6.07) is 11.8. The molecule has 0 saturated carbocycles. The standard InChI is InChI=1S/C20H18ClNO4/c1-11-8-12(2)19(16(21)9-11)22-20(24)13(3)25-15-6-4-14-5-7-18(23)26-17(14)10-15/h4-10,13H,1-3H3,(H,22,24). The summed E-state index contributed by atoms with van der Waals surface area (Å²) in [6.45, 7) is 5.46. The summed E-state index contributed by atoms with van der Waals surface area (Å²) in [5, 5.41) is 4.06. The van der Waals surface area contributed by atoms with Crippen molar-refractivity contribution in [1.82, 2.24) is 0 Å². The van der Waals surface area contributed by atoms with Gasteiger partial charge in [-0.1, -0.05) is 17.7 Å². The molecule has 0 aliphatic carbocycles. The molecule has 5 nitrogen and oxygen atoms in total. The number of fused-ring (bicyclic) bond motifs is 1. The van der Waals surface area contributed by atoms with Crippen LogP contribution in [0.1, 0.15) is 18.1 Å². The second kappa shape index (κ2) is 7.22. The summed E-state index contributed by atoms with van der Waals surface area (Å²) in [5.74, 6) is 0.106. The smallest absolute Gasteiger partial charge is 0.336 e. The molecule has 0 spiro atoms. The van der Waals surface area contributed by atoms with Crippen LogP contribution < -0.4 is 15.7 Å². The molecule has 0 saturated heterocycles. The SMILES string of the molecule is Cc1cc(C)c(NC(=O)C(C)Oc2ccc3ccc(=O)oc3c2)c(Cl)c1. The van der Waals surface area contributed by atoms with Gasteiger partial charge in [-0.2, -0.15) is 0 Å². The number of rotatable bonds is 4. The van der Waals surface area contributed by atoms with E-state index in [1.165, 1.54) is 6.07 Å². The van der Waals surface area contributed by atoms with Crippen LogP contribution in [0.15, 0.2) is 51.7 Å².